The van der Waals surface area contributed by atoms with Gasteiger partial charge in [0.1, 0.15) is 12.2 Å². The molecule has 1 N–H and O–H groups in total. The van der Waals surface area contributed by atoms with Crippen LogP contribution in [0.25, 0.3) is 0 Å². The third-order valence-electron chi connectivity index (χ3n) is 4.04. The van der Waals surface area contributed by atoms with E-state index in [0.717, 1.165) is 12.1 Å². The molecular weight excluding hydrogens is 498 g/mol. The average Bonchev–Trinajstić information content (AvgIpc) is 2.62. The quantitative estimate of drug-likeness (QED) is 0.300. The van der Waals surface area contributed by atoms with Gasteiger partial charge in [0.25, 0.3) is 10.1 Å². The predicted octanol–water partition coefficient (Wildman–Crippen LogP) is 2.71. The molecule has 0 bridgehead atoms. The zero-order chi connectivity index (χ0) is 19.9. The predicted molar refractivity (Wildman–Crippen MR) is 104 cm³/mol. The van der Waals surface area contributed by atoms with E-state index in [1.54, 1.807) is 0 Å². The fourth-order valence-corrected chi connectivity index (χ4v) is 2.88. The van der Waals surface area contributed by atoms with Gasteiger partial charge in [-0.05, 0) is 43.9 Å². The standard InChI is InChI=1S/C18H26O7S.Ba.2H/c1-5-14(6-2)24-17(19)12-9-13(11-16(10-12)26(21,22)23)18(20)25-15(7-3)8-4;;;/h9-11,14-15H,5-8H2,1-4H3,(H,21,22,23);;;. The van der Waals surface area contributed by atoms with Crippen molar-refractivity contribution in [2.45, 2.75) is 70.5 Å². The monoisotopic (exact) mass is 526 g/mol. The molecule has 0 aliphatic rings. The van der Waals surface area contributed by atoms with Gasteiger partial charge in [0, 0.05) is 0 Å². The topological polar surface area (TPSA) is 107 Å². The minimum absolute atomic E-state index is 0. The first kappa shape index (κ1) is 26.6. The number of hydrogen-bond donors (Lipinski definition) is 1. The molecular formula is C18H28BaO7S. The van der Waals surface area contributed by atoms with E-state index in [0.29, 0.717) is 25.7 Å². The Hall–Kier alpha value is -0.359. The first-order chi connectivity index (χ1) is 12.2. The average molecular weight is 526 g/mol. The Bertz CT molecular complexity index is 694. The van der Waals surface area contributed by atoms with Crippen LogP contribution in [0.4, 0.5) is 0 Å². The van der Waals surface area contributed by atoms with Gasteiger partial charge in [-0.1, -0.05) is 27.7 Å². The van der Waals surface area contributed by atoms with Crippen molar-refractivity contribution in [3.63, 3.8) is 0 Å². The number of esters is 2. The van der Waals surface area contributed by atoms with Crippen LogP contribution in [0, 0.1) is 0 Å². The van der Waals surface area contributed by atoms with E-state index in [-0.39, 0.29) is 72.2 Å². The molecule has 0 atom stereocenters. The summed E-state index contributed by atoms with van der Waals surface area (Å²) in [4.78, 5) is 24.1. The fraction of sp³-hybridized carbons (Fsp3) is 0.556. The number of hydrogen-bond acceptors (Lipinski definition) is 6. The van der Waals surface area contributed by atoms with Crippen molar-refractivity contribution in [3.05, 3.63) is 29.3 Å². The van der Waals surface area contributed by atoms with Crippen molar-refractivity contribution in [2.24, 2.45) is 0 Å². The van der Waals surface area contributed by atoms with Crippen molar-refractivity contribution < 1.29 is 32.0 Å². The molecule has 0 heterocycles. The molecule has 0 spiro atoms. The van der Waals surface area contributed by atoms with Crippen LogP contribution in [0.2, 0.25) is 0 Å². The third kappa shape index (κ3) is 8.26. The van der Waals surface area contributed by atoms with Gasteiger partial charge in [-0.3, -0.25) is 4.55 Å². The van der Waals surface area contributed by atoms with Crippen LogP contribution in [-0.2, 0) is 19.6 Å². The van der Waals surface area contributed by atoms with Gasteiger partial charge in [-0.25, -0.2) is 9.59 Å². The number of ether oxygens (including phenoxy) is 2. The van der Waals surface area contributed by atoms with Gasteiger partial charge in [0.2, 0.25) is 0 Å². The number of carbonyl (C=O) groups excluding carboxylic acids is 2. The Kier molecular flexibility index (Phi) is 12.1. The molecule has 1 aromatic rings. The van der Waals surface area contributed by atoms with Crippen LogP contribution >= 0.6 is 0 Å². The Morgan fingerprint density at radius 2 is 1.19 bits per heavy atom. The molecule has 1 rings (SSSR count). The maximum absolute atomic E-state index is 12.3. The molecule has 0 aliphatic carbocycles. The van der Waals surface area contributed by atoms with Gasteiger partial charge in [-0.2, -0.15) is 8.42 Å². The summed E-state index contributed by atoms with van der Waals surface area (Å²) in [7, 11) is -4.61. The summed E-state index contributed by atoms with van der Waals surface area (Å²) in [6, 6.07) is 3.17. The van der Waals surface area contributed by atoms with Gasteiger partial charge in [0.15, 0.2) is 0 Å². The molecule has 1 aromatic carbocycles. The number of rotatable bonds is 9. The van der Waals surface area contributed by atoms with Gasteiger partial charge in [-0.15, -0.1) is 0 Å². The van der Waals surface area contributed by atoms with E-state index < -0.39 is 27.0 Å². The maximum atomic E-state index is 12.3. The van der Waals surface area contributed by atoms with E-state index in [2.05, 4.69) is 0 Å². The zero-order valence-electron chi connectivity index (χ0n) is 15.5. The normalized spacial score (nSPS) is 11.2. The van der Waals surface area contributed by atoms with Crippen LogP contribution in [0.1, 0.15) is 74.1 Å². The Balaban J connectivity index is 0.00000676. The zero-order valence-corrected chi connectivity index (χ0v) is 16.3. The second-order valence-corrected chi connectivity index (χ2v) is 7.33. The molecule has 7 nitrogen and oxygen atoms in total. The minimum atomic E-state index is -4.61. The van der Waals surface area contributed by atoms with Gasteiger partial charge < -0.3 is 9.47 Å². The van der Waals surface area contributed by atoms with Crippen LogP contribution in [0.3, 0.4) is 0 Å². The Labute approximate surface area is 201 Å². The van der Waals surface area contributed by atoms with E-state index in [4.69, 9.17) is 9.47 Å². The number of benzene rings is 1. The molecule has 0 aliphatic heterocycles. The molecule has 150 valence electrons. The molecule has 27 heavy (non-hydrogen) atoms. The molecule has 0 radical (unpaired) electrons. The summed E-state index contributed by atoms with van der Waals surface area (Å²) < 4.78 is 42.9. The molecule has 0 amide bonds. The Morgan fingerprint density at radius 3 is 1.44 bits per heavy atom. The van der Waals surface area contributed by atoms with Gasteiger partial charge >= 0.3 is 60.8 Å². The fourth-order valence-electron chi connectivity index (χ4n) is 2.33. The molecule has 0 saturated carbocycles. The van der Waals surface area contributed by atoms with E-state index >= 15 is 0 Å². The number of carbonyl (C=O) groups is 2. The summed E-state index contributed by atoms with van der Waals surface area (Å²) in [5.74, 6) is -1.53. The van der Waals surface area contributed by atoms with Crippen molar-refractivity contribution in [1.82, 2.24) is 0 Å². The first-order valence-corrected chi connectivity index (χ1v) is 10.1. The summed E-state index contributed by atoms with van der Waals surface area (Å²) in [6.07, 6.45) is 1.76. The molecule has 0 fully saturated rings. The summed E-state index contributed by atoms with van der Waals surface area (Å²) in [6.45, 7) is 7.42. The summed E-state index contributed by atoms with van der Waals surface area (Å²) >= 11 is 0. The Morgan fingerprint density at radius 1 is 0.852 bits per heavy atom. The van der Waals surface area contributed by atoms with E-state index in [1.807, 2.05) is 27.7 Å². The third-order valence-corrected chi connectivity index (χ3v) is 4.88. The van der Waals surface area contributed by atoms with Crippen LogP contribution in [0.15, 0.2) is 23.1 Å². The molecule has 0 saturated heterocycles. The molecule has 0 unspecified atom stereocenters. The van der Waals surface area contributed by atoms with E-state index in [1.165, 1.54) is 6.07 Å². The summed E-state index contributed by atoms with van der Waals surface area (Å²) in [5.41, 5.74) is -0.271. The SMILES string of the molecule is CCC(CC)OC(=O)c1cc(C(=O)OC(CC)CC)cc(S(=O)(=O)O)c1.[BaH2]. The molecule has 9 heteroatoms. The van der Waals surface area contributed by atoms with Crippen molar-refractivity contribution >= 4 is 70.9 Å². The van der Waals surface area contributed by atoms with Crippen molar-refractivity contribution in [3.8, 4) is 0 Å². The van der Waals surface area contributed by atoms with Crippen molar-refractivity contribution in [2.75, 3.05) is 0 Å². The van der Waals surface area contributed by atoms with Gasteiger partial charge in [0.05, 0.1) is 16.0 Å². The van der Waals surface area contributed by atoms with E-state index in [9.17, 15) is 22.6 Å². The first-order valence-electron chi connectivity index (χ1n) is 8.70. The molecule has 0 aromatic heterocycles. The van der Waals surface area contributed by atoms with Crippen LogP contribution in [-0.4, -0.2) is 86.0 Å². The summed E-state index contributed by atoms with van der Waals surface area (Å²) in [5, 5.41) is 0. The van der Waals surface area contributed by atoms with Crippen LogP contribution in [0.5, 0.6) is 0 Å². The van der Waals surface area contributed by atoms with Crippen LogP contribution < -0.4 is 0 Å². The second-order valence-electron chi connectivity index (χ2n) is 5.91. The van der Waals surface area contributed by atoms with Crippen molar-refractivity contribution in [1.29, 1.82) is 0 Å². The second kappa shape index (κ2) is 12.3.